The zero-order chi connectivity index (χ0) is 18.9. The van der Waals surface area contributed by atoms with Gasteiger partial charge in [-0.2, -0.15) is 0 Å². The second kappa shape index (κ2) is 10.4. The van der Waals surface area contributed by atoms with E-state index in [1.54, 1.807) is 0 Å². The summed E-state index contributed by atoms with van der Waals surface area (Å²) in [5, 5.41) is 0. The number of hydrogen-bond donors (Lipinski definition) is 0. The lowest BCUT2D eigenvalue weighted by Crippen LogP contribution is -2.58. The van der Waals surface area contributed by atoms with Crippen LogP contribution in [0.2, 0.25) is 0 Å². The minimum Gasteiger partial charge on any atom is -0.463 e. The Labute approximate surface area is 156 Å². The maximum absolute atomic E-state index is 11.4. The lowest BCUT2D eigenvalue weighted by atomic mass is 9.79. The summed E-state index contributed by atoms with van der Waals surface area (Å²) in [6.45, 7) is 15.9. The molecular weight excluding hydrogens is 310 g/mol. The molecule has 1 saturated heterocycles. The molecule has 1 heterocycles. The number of unbranched alkanes of at least 4 members (excludes halogenated alkanes) is 3. The minimum absolute atomic E-state index is 0.0808. The topological polar surface area (TPSA) is 29.5 Å². The SMILES string of the molecule is C=CCCCCCC(CCCN1C(C)(C)CCCC1(C)C)OC(C)=O. The van der Waals surface area contributed by atoms with E-state index in [-0.39, 0.29) is 23.2 Å². The summed E-state index contributed by atoms with van der Waals surface area (Å²) >= 11 is 0. The molecule has 0 radical (unpaired) electrons. The minimum atomic E-state index is -0.144. The second-order valence-corrected chi connectivity index (χ2v) is 8.93. The van der Waals surface area contributed by atoms with Crippen LogP contribution in [-0.2, 0) is 9.53 Å². The second-order valence-electron chi connectivity index (χ2n) is 8.93. The van der Waals surface area contributed by atoms with Crippen molar-refractivity contribution in [2.45, 2.75) is 116 Å². The Morgan fingerprint density at radius 3 is 2.24 bits per heavy atom. The van der Waals surface area contributed by atoms with Gasteiger partial charge in [0.05, 0.1) is 0 Å². The fraction of sp³-hybridized carbons (Fsp3) is 0.864. The van der Waals surface area contributed by atoms with Gasteiger partial charge in [0.25, 0.3) is 0 Å². The van der Waals surface area contributed by atoms with Crippen molar-refractivity contribution in [3.05, 3.63) is 12.7 Å². The standard InChI is InChI=1S/C22H41NO2/c1-7-8-9-10-11-14-20(25-19(2)24)15-12-18-23-21(3,4)16-13-17-22(23,5)6/h7,20H,1,8-18H2,2-6H3. The average molecular weight is 352 g/mol. The van der Waals surface area contributed by atoms with Crippen molar-refractivity contribution in [2.75, 3.05) is 6.54 Å². The molecule has 3 heteroatoms. The van der Waals surface area contributed by atoms with Gasteiger partial charge in [-0.3, -0.25) is 9.69 Å². The maximum atomic E-state index is 11.4. The van der Waals surface area contributed by atoms with Gasteiger partial charge in [0.2, 0.25) is 0 Å². The van der Waals surface area contributed by atoms with Crippen molar-refractivity contribution in [1.29, 1.82) is 0 Å². The van der Waals surface area contributed by atoms with E-state index in [4.69, 9.17) is 4.74 Å². The van der Waals surface area contributed by atoms with E-state index in [9.17, 15) is 4.79 Å². The molecule has 1 unspecified atom stereocenters. The first kappa shape index (κ1) is 22.2. The molecule has 0 bridgehead atoms. The number of carbonyl (C=O) groups is 1. The molecule has 0 aromatic carbocycles. The molecule has 0 aromatic heterocycles. The summed E-state index contributed by atoms with van der Waals surface area (Å²) < 4.78 is 5.57. The largest absolute Gasteiger partial charge is 0.463 e. The van der Waals surface area contributed by atoms with E-state index in [1.165, 1.54) is 39.0 Å². The molecule has 0 aliphatic carbocycles. The summed E-state index contributed by atoms with van der Waals surface area (Å²) in [6, 6.07) is 0. The highest BCUT2D eigenvalue weighted by Crippen LogP contribution is 2.38. The highest BCUT2D eigenvalue weighted by Gasteiger charge is 2.40. The van der Waals surface area contributed by atoms with E-state index in [0.29, 0.717) is 0 Å². The predicted molar refractivity (Wildman–Crippen MR) is 107 cm³/mol. The highest BCUT2D eigenvalue weighted by atomic mass is 16.5. The van der Waals surface area contributed by atoms with Crippen LogP contribution in [-0.4, -0.2) is 34.6 Å². The number of esters is 1. The summed E-state index contributed by atoms with van der Waals surface area (Å²) in [5.41, 5.74) is 0.534. The Morgan fingerprint density at radius 2 is 1.68 bits per heavy atom. The van der Waals surface area contributed by atoms with Gasteiger partial charge in [0, 0.05) is 18.0 Å². The molecule has 146 valence electrons. The van der Waals surface area contributed by atoms with Crippen LogP contribution in [0.3, 0.4) is 0 Å². The summed E-state index contributed by atoms with van der Waals surface area (Å²) in [4.78, 5) is 14.1. The van der Waals surface area contributed by atoms with Gasteiger partial charge in [-0.25, -0.2) is 0 Å². The summed E-state index contributed by atoms with van der Waals surface area (Å²) in [6.07, 6.45) is 13.6. The van der Waals surface area contributed by atoms with Gasteiger partial charge in [-0.05, 0) is 92.0 Å². The van der Waals surface area contributed by atoms with Gasteiger partial charge in [0.15, 0.2) is 0 Å². The van der Waals surface area contributed by atoms with Crippen molar-refractivity contribution >= 4 is 5.97 Å². The van der Waals surface area contributed by atoms with Crippen molar-refractivity contribution in [3.63, 3.8) is 0 Å². The molecule has 0 aromatic rings. The molecule has 1 atom stereocenters. The van der Waals surface area contributed by atoms with E-state index in [2.05, 4.69) is 39.2 Å². The molecule has 0 amide bonds. The van der Waals surface area contributed by atoms with Gasteiger partial charge < -0.3 is 4.74 Å². The van der Waals surface area contributed by atoms with Crippen LogP contribution in [0.4, 0.5) is 0 Å². The van der Waals surface area contributed by atoms with Crippen LogP contribution >= 0.6 is 0 Å². The molecule has 0 saturated carbocycles. The third-order valence-corrected chi connectivity index (χ3v) is 5.71. The van der Waals surface area contributed by atoms with Crippen LogP contribution in [0.15, 0.2) is 12.7 Å². The quantitative estimate of drug-likeness (QED) is 0.264. The van der Waals surface area contributed by atoms with E-state index in [0.717, 1.165) is 38.6 Å². The third kappa shape index (κ3) is 7.94. The molecular formula is C22H41NO2. The van der Waals surface area contributed by atoms with Crippen LogP contribution < -0.4 is 0 Å². The van der Waals surface area contributed by atoms with E-state index < -0.39 is 0 Å². The number of hydrogen-bond acceptors (Lipinski definition) is 3. The molecule has 3 nitrogen and oxygen atoms in total. The normalized spacial score (nSPS) is 20.8. The Bertz CT molecular complexity index is 398. The molecule has 1 rings (SSSR count). The maximum Gasteiger partial charge on any atom is 0.302 e. The molecule has 1 fully saturated rings. The highest BCUT2D eigenvalue weighted by molar-refractivity contribution is 5.66. The van der Waals surface area contributed by atoms with Crippen LogP contribution in [0.1, 0.15) is 98.8 Å². The van der Waals surface area contributed by atoms with Gasteiger partial charge in [-0.1, -0.05) is 12.5 Å². The van der Waals surface area contributed by atoms with Crippen LogP contribution in [0, 0.1) is 0 Å². The monoisotopic (exact) mass is 351 g/mol. The third-order valence-electron chi connectivity index (χ3n) is 5.71. The van der Waals surface area contributed by atoms with Crippen molar-refractivity contribution < 1.29 is 9.53 Å². The lowest BCUT2D eigenvalue weighted by Gasteiger charge is -2.53. The number of piperidine rings is 1. The number of allylic oxidation sites excluding steroid dienone is 1. The summed E-state index contributed by atoms with van der Waals surface area (Å²) in [7, 11) is 0. The Kier molecular flexibility index (Phi) is 9.20. The van der Waals surface area contributed by atoms with Crippen LogP contribution in [0.25, 0.3) is 0 Å². The molecule has 0 N–H and O–H groups in total. The summed E-state index contributed by atoms with van der Waals surface area (Å²) in [5.74, 6) is -0.144. The Balaban J connectivity index is 2.46. The van der Waals surface area contributed by atoms with E-state index in [1.807, 2.05) is 6.08 Å². The number of likely N-dealkylation sites (tertiary alicyclic amines) is 1. The first-order chi connectivity index (χ1) is 11.7. The fourth-order valence-electron chi connectivity index (χ4n) is 4.46. The fourth-order valence-corrected chi connectivity index (χ4v) is 4.46. The Hall–Kier alpha value is -0.830. The van der Waals surface area contributed by atoms with Crippen molar-refractivity contribution in [1.82, 2.24) is 4.90 Å². The van der Waals surface area contributed by atoms with Gasteiger partial charge >= 0.3 is 5.97 Å². The molecule has 1 aliphatic heterocycles. The number of ether oxygens (including phenoxy) is 1. The van der Waals surface area contributed by atoms with Crippen molar-refractivity contribution in [3.8, 4) is 0 Å². The van der Waals surface area contributed by atoms with Gasteiger partial charge in [0.1, 0.15) is 6.10 Å². The van der Waals surface area contributed by atoms with Crippen LogP contribution in [0.5, 0.6) is 0 Å². The van der Waals surface area contributed by atoms with E-state index >= 15 is 0 Å². The smallest absolute Gasteiger partial charge is 0.302 e. The van der Waals surface area contributed by atoms with Gasteiger partial charge in [-0.15, -0.1) is 6.58 Å². The lowest BCUT2D eigenvalue weighted by molar-refractivity contribution is -0.147. The first-order valence-corrected chi connectivity index (χ1v) is 10.2. The average Bonchev–Trinajstić information content (AvgIpc) is 2.48. The molecule has 0 spiro atoms. The zero-order valence-electron chi connectivity index (χ0n) is 17.4. The number of nitrogens with zero attached hydrogens (tertiary/aromatic N) is 1. The van der Waals surface area contributed by atoms with Crippen molar-refractivity contribution in [2.24, 2.45) is 0 Å². The molecule has 1 aliphatic rings. The number of rotatable bonds is 11. The zero-order valence-corrected chi connectivity index (χ0v) is 17.4. The Morgan fingerprint density at radius 1 is 1.08 bits per heavy atom. The predicted octanol–water partition coefficient (Wildman–Crippen LogP) is 5.88. The molecule has 25 heavy (non-hydrogen) atoms. The number of carbonyl (C=O) groups excluding carboxylic acids is 1. The first-order valence-electron chi connectivity index (χ1n) is 10.2.